The van der Waals surface area contributed by atoms with Gasteiger partial charge in [-0.3, -0.25) is 4.98 Å². The quantitative estimate of drug-likeness (QED) is 0.680. The minimum atomic E-state index is -0.264. The number of nitrogens with one attached hydrogen (secondary N) is 1. The molecule has 0 amide bonds. The third-order valence-corrected chi connectivity index (χ3v) is 1.65. The van der Waals surface area contributed by atoms with E-state index in [1.54, 1.807) is 20.0 Å². The second-order valence-electron chi connectivity index (χ2n) is 2.04. The van der Waals surface area contributed by atoms with Crippen molar-refractivity contribution < 1.29 is 0 Å². The molecule has 0 aromatic carbocycles. The van der Waals surface area contributed by atoms with Crippen molar-refractivity contribution >= 4 is 16.6 Å². The molecule has 5 heteroatoms. The predicted molar refractivity (Wildman–Crippen MR) is 43.3 cm³/mol. The number of rotatable bonds is 1. The number of hydrogen-bond donors (Lipinski definition) is 1. The van der Waals surface area contributed by atoms with Gasteiger partial charge in [-0.1, -0.05) is 17.7 Å². The summed E-state index contributed by atoms with van der Waals surface area (Å²) in [6.07, 6.45) is 1.67. The van der Waals surface area contributed by atoms with Gasteiger partial charge in [0.15, 0.2) is 5.82 Å². The van der Waals surface area contributed by atoms with E-state index in [2.05, 4.69) is 10.1 Å². The number of allylic oxidation sites excluding steroid dienone is 1. The van der Waals surface area contributed by atoms with E-state index in [0.29, 0.717) is 10.9 Å². The van der Waals surface area contributed by atoms with Crippen molar-refractivity contribution in [3.8, 4) is 0 Å². The van der Waals surface area contributed by atoms with Crippen LogP contribution >= 0.6 is 11.6 Å². The molecule has 0 spiro atoms. The van der Waals surface area contributed by atoms with Gasteiger partial charge in [0.1, 0.15) is 0 Å². The van der Waals surface area contributed by atoms with Gasteiger partial charge < -0.3 is 0 Å². The zero-order chi connectivity index (χ0) is 8.43. The van der Waals surface area contributed by atoms with Gasteiger partial charge in [-0.05, 0) is 6.92 Å². The van der Waals surface area contributed by atoms with E-state index in [-0.39, 0.29) is 5.69 Å². The van der Waals surface area contributed by atoms with Crippen LogP contribution in [0.5, 0.6) is 0 Å². The van der Waals surface area contributed by atoms with E-state index in [0.717, 1.165) is 0 Å². The van der Waals surface area contributed by atoms with Crippen molar-refractivity contribution in [2.24, 2.45) is 7.05 Å². The molecular weight excluding hydrogens is 166 g/mol. The molecule has 11 heavy (non-hydrogen) atoms. The molecule has 0 aliphatic rings. The molecule has 1 N–H and O–H groups in total. The van der Waals surface area contributed by atoms with Crippen molar-refractivity contribution in [3.63, 3.8) is 0 Å². The maximum atomic E-state index is 10.8. The second-order valence-corrected chi connectivity index (χ2v) is 2.45. The molecule has 4 nitrogen and oxygen atoms in total. The van der Waals surface area contributed by atoms with Crippen molar-refractivity contribution in [3.05, 3.63) is 22.4 Å². The smallest absolute Gasteiger partial charge is 0.288 e. The zero-order valence-electron chi connectivity index (χ0n) is 6.26. The van der Waals surface area contributed by atoms with Gasteiger partial charge in [-0.2, -0.15) is 0 Å². The number of H-pyrrole nitrogens is 1. The fraction of sp³-hybridized carbons (Fsp3) is 0.333. The third kappa shape index (κ3) is 1.51. The minimum absolute atomic E-state index is 0.264. The highest BCUT2D eigenvalue weighted by Crippen LogP contribution is 2.10. The summed E-state index contributed by atoms with van der Waals surface area (Å²) in [4.78, 5) is 13.3. The third-order valence-electron chi connectivity index (χ3n) is 1.25. The van der Waals surface area contributed by atoms with E-state index in [1.165, 1.54) is 4.68 Å². The molecule has 60 valence electrons. The standard InChI is InChI=1S/C6H8ClN3O/c1-3-4(7)5-8-6(11)10(2)9-5/h3H,1-2H3,(H,8,9,11)/b4-3+. The van der Waals surface area contributed by atoms with Crippen LogP contribution in [0.25, 0.3) is 5.03 Å². The Kier molecular flexibility index (Phi) is 2.14. The van der Waals surface area contributed by atoms with Crippen LogP contribution in [-0.4, -0.2) is 14.8 Å². The molecule has 0 atom stereocenters. The first-order chi connectivity index (χ1) is 5.15. The predicted octanol–water partition coefficient (Wildman–Crippen LogP) is 0.708. The fourth-order valence-electron chi connectivity index (χ4n) is 0.647. The molecule has 0 radical (unpaired) electrons. The van der Waals surface area contributed by atoms with Crippen LogP contribution in [0.15, 0.2) is 10.9 Å². The lowest BCUT2D eigenvalue weighted by atomic mass is 10.5. The van der Waals surface area contributed by atoms with Crippen molar-refractivity contribution in [2.75, 3.05) is 0 Å². The molecule has 0 aliphatic heterocycles. The minimum Gasteiger partial charge on any atom is -0.288 e. The number of nitrogens with zero attached hydrogens (tertiary/aromatic N) is 2. The Hall–Kier alpha value is -1.03. The van der Waals surface area contributed by atoms with Crippen LogP contribution in [0.3, 0.4) is 0 Å². The maximum absolute atomic E-state index is 10.8. The average molecular weight is 174 g/mol. The summed E-state index contributed by atoms with van der Waals surface area (Å²) in [5.41, 5.74) is -0.264. The molecule has 0 unspecified atom stereocenters. The summed E-state index contributed by atoms with van der Waals surface area (Å²) < 4.78 is 1.20. The van der Waals surface area contributed by atoms with Crippen LogP contribution in [-0.2, 0) is 7.05 Å². The highest BCUT2D eigenvalue weighted by Gasteiger charge is 2.02. The molecule has 1 aromatic rings. The molecule has 0 fully saturated rings. The molecule has 0 aliphatic carbocycles. The number of aryl methyl sites for hydroxylation is 1. The maximum Gasteiger partial charge on any atom is 0.343 e. The lowest BCUT2D eigenvalue weighted by molar-refractivity contribution is 0.732. The Morgan fingerprint density at radius 3 is 2.82 bits per heavy atom. The Morgan fingerprint density at radius 1 is 1.82 bits per heavy atom. The lowest BCUT2D eigenvalue weighted by Gasteiger charge is -1.86. The van der Waals surface area contributed by atoms with E-state index >= 15 is 0 Å². The van der Waals surface area contributed by atoms with Crippen molar-refractivity contribution in [1.82, 2.24) is 14.8 Å². The molecule has 0 saturated carbocycles. The summed E-state index contributed by atoms with van der Waals surface area (Å²) in [6, 6.07) is 0. The van der Waals surface area contributed by atoms with Crippen LogP contribution < -0.4 is 5.69 Å². The van der Waals surface area contributed by atoms with E-state index < -0.39 is 0 Å². The number of aromatic nitrogens is 3. The molecule has 0 bridgehead atoms. The molecular formula is C6H8ClN3O. The average Bonchev–Trinajstić information content (AvgIpc) is 2.31. The van der Waals surface area contributed by atoms with Gasteiger partial charge in [0, 0.05) is 7.05 Å². The first-order valence-corrected chi connectivity index (χ1v) is 3.48. The van der Waals surface area contributed by atoms with Gasteiger partial charge in [0.2, 0.25) is 0 Å². The van der Waals surface area contributed by atoms with Gasteiger partial charge in [-0.15, -0.1) is 5.10 Å². The van der Waals surface area contributed by atoms with E-state index in [9.17, 15) is 4.79 Å². The van der Waals surface area contributed by atoms with Crippen LogP contribution in [0, 0.1) is 0 Å². The number of aromatic amines is 1. The van der Waals surface area contributed by atoms with Gasteiger partial charge >= 0.3 is 5.69 Å². The topological polar surface area (TPSA) is 50.7 Å². The monoisotopic (exact) mass is 173 g/mol. The Balaban J connectivity index is 3.18. The van der Waals surface area contributed by atoms with Crippen LogP contribution in [0.2, 0.25) is 0 Å². The molecule has 1 rings (SSSR count). The summed E-state index contributed by atoms with van der Waals surface area (Å²) in [7, 11) is 1.56. The Morgan fingerprint density at radius 2 is 2.45 bits per heavy atom. The first-order valence-electron chi connectivity index (χ1n) is 3.10. The second kappa shape index (κ2) is 2.92. The summed E-state index contributed by atoms with van der Waals surface area (Å²) in [5, 5.41) is 4.28. The van der Waals surface area contributed by atoms with Gasteiger partial charge in [0.25, 0.3) is 0 Å². The summed E-state index contributed by atoms with van der Waals surface area (Å²) in [5.74, 6) is 0.404. The lowest BCUT2D eigenvalue weighted by Crippen LogP contribution is -2.13. The molecule has 1 heterocycles. The van der Waals surface area contributed by atoms with Crippen LogP contribution in [0.1, 0.15) is 12.7 Å². The van der Waals surface area contributed by atoms with Crippen molar-refractivity contribution in [2.45, 2.75) is 6.92 Å². The highest BCUT2D eigenvalue weighted by atomic mass is 35.5. The highest BCUT2D eigenvalue weighted by molar-refractivity contribution is 6.48. The summed E-state index contributed by atoms with van der Waals surface area (Å²) in [6.45, 7) is 1.77. The fourth-order valence-corrected chi connectivity index (χ4v) is 0.732. The normalized spacial score (nSPS) is 12.1. The summed E-state index contributed by atoms with van der Waals surface area (Å²) >= 11 is 5.69. The van der Waals surface area contributed by atoms with E-state index in [1.807, 2.05) is 0 Å². The van der Waals surface area contributed by atoms with Crippen molar-refractivity contribution in [1.29, 1.82) is 0 Å². The SMILES string of the molecule is C/C=C(/Cl)c1nn(C)c(=O)[nH]1. The van der Waals surface area contributed by atoms with Gasteiger partial charge in [0.05, 0.1) is 5.03 Å². The Labute approximate surface area is 68.5 Å². The molecule has 0 saturated heterocycles. The molecule has 1 aromatic heterocycles. The first kappa shape index (κ1) is 8.07. The van der Waals surface area contributed by atoms with E-state index in [4.69, 9.17) is 11.6 Å². The number of halogens is 1. The van der Waals surface area contributed by atoms with Gasteiger partial charge in [-0.25, -0.2) is 9.48 Å². The Bertz CT molecular complexity index is 336. The largest absolute Gasteiger partial charge is 0.343 e. The zero-order valence-corrected chi connectivity index (χ0v) is 7.01. The van der Waals surface area contributed by atoms with Crippen LogP contribution in [0.4, 0.5) is 0 Å². The number of hydrogen-bond acceptors (Lipinski definition) is 2.